The first-order valence-electron chi connectivity index (χ1n) is 4.89. The normalized spacial score (nSPS) is 13.7. The van der Waals surface area contributed by atoms with E-state index in [2.05, 4.69) is 4.98 Å². The summed E-state index contributed by atoms with van der Waals surface area (Å²) in [5, 5.41) is 0. The van der Waals surface area contributed by atoms with E-state index >= 15 is 0 Å². The maximum atomic E-state index is 12.9. The molecule has 4 heteroatoms. The average molecular weight is 208 g/mol. The molecule has 0 aliphatic rings. The Labute approximate surface area is 87.1 Å². The van der Waals surface area contributed by atoms with E-state index in [0.29, 0.717) is 17.0 Å². The number of hydrogen-bond donors (Lipinski definition) is 1. The molecule has 1 unspecified atom stereocenters. The first-order valence-corrected chi connectivity index (χ1v) is 4.89. The Balaban J connectivity index is 2.47. The summed E-state index contributed by atoms with van der Waals surface area (Å²) in [6.07, 6.45) is 0. The van der Waals surface area contributed by atoms with Gasteiger partial charge in [-0.3, -0.25) is 0 Å². The fourth-order valence-electron chi connectivity index (χ4n) is 1.34. The van der Waals surface area contributed by atoms with Gasteiger partial charge < -0.3 is 10.2 Å². The van der Waals surface area contributed by atoms with E-state index in [4.69, 9.17) is 10.2 Å². The standard InChI is InChI=1S/C11H13FN2O/c1-6(2)10(13)11-14-8-4-3-7(12)5-9(8)15-11/h3-6,10H,13H2,1-2H3. The second kappa shape index (κ2) is 3.62. The van der Waals surface area contributed by atoms with Crippen LogP contribution in [0, 0.1) is 11.7 Å². The lowest BCUT2D eigenvalue weighted by Gasteiger charge is -2.10. The first-order chi connectivity index (χ1) is 7.08. The van der Waals surface area contributed by atoms with Crippen LogP contribution in [0.2, 0.25) is 0 Å². The van der Waals surface area contributed by atoms with E-state index in [1.165, 1.54) is 12.1 Å². The topological polar surface area (TPSA) is 52.0 Å². The molecule has 15 heavy (non-hydrogen) atoms. The van der Waals surface area contributed by atoms with Crippen molar-refractivity contribution >= 4 is 11.1 Å². The summed E-state index contributed by atoms with van der Waals surface area (Å²) in [7, 11) is 0. The molecule has 1 atom stereocenters. The molecule has 2 rings (SSSR count). The smallest absolute Gasteiger partial charge is 0.212 e. The predicted octanol–water partition coefficient (Wildman–Crippen LogP) is 2.62. The lowest BCUT2D eigenvalue weighted by molar-refractivity contribution is 0.402. The highest BCUT2D eigenvalue weighted by Gasteiger charge is 2.17. The Morgan fingerprint density at radius 1 is 1.40 bits per heavy atom. The molecule has 2 N–H and O–H groups in total. The number of aromatic nitrogens is 1. The van der Waals surface area contributed by atoms with Crippen molar-refractivity contribution in [2.75, 3.05) is 0 Å². The summed E-state index contributed by atoms with van der Waals surface area (Å²) in [6, 6.07) is 4.01. The predicted molar refractivity (Wildman–Crippen MR) is 55.7 cm³/mol. The van der Waals surface area contributed by atoms with E-state index in [1.54, 1.807) is 6.07 Å². The average Bonchev–Trinajstić information content (AvgIpc) is 2.58. The van der Waals surface area contributed by atoms with Crippen LogP contribution >= 0.6 is 0 Å². The molecule has 0 spiro atoms. The zero-order valence-corrected chi connectivity index (χ0v) is 8.70. The molecule has 0 amide bonds. The third kappa shape index (κ3) is 1.85. The lowest BCUT2D eigenvalue weighted by atomic mass is 10.1. The van der Waals surface area contributed by atoms with Gasteiger partial charge in [-0.15, -0.1) is 0 Å². The largest absolute Gasteiger partial charge is 0.439 e. The second-order valence-electron chi connectivity index (χ2n) is 3.93. The molecule has 2 aromatic rings. The summed E-state index contributed by atoms with van der Waals surface area (Å²) < 4.78 is 18.3. The third-order valence-corrected chi connectivity index (χ3v) is 2.37. The number of nitrogens with two attached hydrogens (primary N) is 1. The number of fused-ring (bicyclic) bond motifs is 1. The maximum absolute atomic E-state index is 12.9. The van der Waals surface area contributed by atoms with Gasteiger partial charge in [-0.1, -0.05) is 13.8 Å². The van der Waals surface area contributed by atoms with Crippen molar-refractivity contribution in [2.45, 2.75) is 19.9 Å². The van der Waals surface area contributed by atoms with Crippen LogP contribution in [0.5, 0.6) is 0 Å². The molecular formula is C11H13FN2O. The quantitative estimate of drug-likeness (QED) is 0.825. The number of oxazole rings is 1. The van der Waals surface area contributed by atoms with E-state index < -0.39 is 0 Å². The van der Waals surface area contributed by atoms with Crippen molar-refractivity contribution in [3.05, 3.63) is 29.9 Å². The maximum Gasteiger partial charge on any atom is 0.212 e. The van der Waals surface area contributed by atoms with Crippen LogP contribution in [-0.2, 0) is 0 Å². The van der Waals surface area contributed by atoms with Gasteiger partial charge in [0.2, 0.25) is 5.89 Å². The van der Waals surface area contributed by atoms with Gasteiger partial charge >= 0.3 is 0 Å². The Hall–Kier alpha value is -1.42. The van der Waals surface area contributed by atoms with E-state index in [-0.39, 0.29) is 17.8 Å². The SMILES string of the molecule is CC(C)C(N)c1nc2ccc(F)cc2o1. The number of nitrogens with zero attached hydrogens (tertiary/aromatic N) is 1. The highest BCUT2D eigenvalue weighted by Crippen LogP contribution is 2.23. The van der Waals surface area contributed by atoms with Gasteiger partial charge in [0.05, 0.1) is 6.04 Å². The zero-order chi connectivity index (χ0) is 11.0. The van der Waals surface area contributed by atoms with Crippen molar-refractivity contribution in [3.63, 3.8) is 0 Å². The number of hydrogen-bond acceptors (Lipinski definition) is 3. The first kappa shape index (κ1) is 10.1. The van der Waals surface area contributed by atoms with E-state index in [1.807, 2.05) is 13.8 Å². The summed E-state index contributed by atoms with van der Waals surface area (Å²) in [6.45, 7) is 3.97. The van der Waals surface area contributed by atoms with Crippen molar-refractivity contribution in [1.29, 1.82) is 0 Å². The lowest BCUT2D eigenvalue weighted by Crippen LogP contribution is -2.16. The zero-order valence-electron chi connectivity index (χ0n) is 8.70. The molecule has 0 aliphatic carbocycles. The van der Waals surface area contributed by atoms with Crippen LogP contribution in [0.15, 0.2) is 22.6 Å². The van der Waals surface area contributed by atoms with Crippen molar-refractivity contribution < 1.29 is 8.81 Å². The molecule has 0 saturated heterocycles. The highest BCUT2D eigenvalue weighted by atomic mass is 19.1. The Morgan fingerprint density at radius 3 is 2.80 bits per heavy atom. The minimum Gasteiger partial charge on any atom is -0.439 e. The molecule has 0 fully saturated rings. The van der Waals surface area contributed by atoms with Gasteiger partial charge in [0.15, 0.2) is 5.58 Å². The molecule has 1 aromatic carbocycles. The fraction of sp³-hybridized carbons (Fsp3) is 0.364. The molecule has 3 nitrogen and oxygen atoms in total. The van der Waals surface area contributed by atoms with Crippen LogP contribution in [-0.4, -0.2) is 4.98 Å². The van der Waals surface area contributed by atoms with Crippen LogP contribution in [0.1, 0.15) is 25.8 Å². The van der Waals surface area contributed by atoms with Crippen molar-refractivity contribution in [1.82, 2.24) is 4.98 Å². The van der Waals surface area contributed by atoms with E-state index in [0.717, 1.165) is 0 Å². The van der Waals surface area contributed by atoms with Gasteiger partial charge in [0.25, 0.3) is 0 Å². The van der Waals surface area contributed by atoms with Gasteiger partial charge in [0.1, 0.15) is 11.3 Å². The summed E-state index contributed by atoms with van der Waals surface area (Å²) in [4.78, 5) is 4.22. The Kier molecular flexibility index (Phi) is 2.44. The molecule has 1 aromatic heterocycles. The third-order valence-electron chi connectivity index (χ3n) is 2.37. The van der Waals surface area contributed by atoms with Gasteiger partial charge in [0, 0.05) is 6.07 Å². The van der Waals surface area contributed by atoms with Crippen LogP contribution < -0.4 is 5.73 Å². The minimum absolute atomic E-state index is 0.239. The van der Waals surface area contributed by atoms with Crippen LogP contribution in [0.3, 0.4) is 0 Å². The van der Waals surface area contributed by atoms with E-state index in [9.17, 15) is 4.39 Å². The molecule has 0 aliphatic heterocycles. The van der Waals surface area contributed by atoms with Crippen molar-refractivity contribution in [3.8, 4) is 0 Å². The number of benzene rings is 1. The van der Waals surface area contributed by atoms with Crippen LogP contribution in [0.4, 0.5) is 4.39 Å². The van der Waals surface area contributed by atoms with Gasteiger partial charge in [-0.05, 0) is 18.1 Å². The van der Waals surface area contributed by atoms with Crippen LogP contribution in [0.25, 0.3) is 11.1 Å². The number of rotatable bonds is 2. The Bertz CT molecular complexity index is 478. The molecule has 0 saturated carbocycles. The summed E-state index contributed by atoms with van der Waals surface area (Å²) in [5.41, 5.74) is 6.98. The second-order valence-corrected chi connectivity index (χ2v) is 3.93. The fourth-order valence-corrected chi connectivity index (χ4v) is 1.34. The molecule has 0 bridgehead atoms. The summed E-state index contributed by atoms with van der Waals surface area (Å²) >= 11 is 0. The van der Waals surface area contributed by atoms with Gasteiger partial charge in [-0.25, -0.2) is 9.37 Å². The summed E-state index contributed by atoms with van der Waals surface area (Å²) in [5.74, 6) is 0.372. The molecular weight excluding hydrogens is 195 g/mol. The molecule has 0 radical (unpaired) electrons. The molecule has 1 heterocycles. The molecule has 80 valence electrons. The highest BCUT2D eigenvalue weighted by molar-refractivity contribution is 5.72. The minimum atomic E-state index is -0.330. The Morgan fingerprint density at radius 2 is 2.13 bits per heavy atom. The van der Waals surface area contributed by atoms with Crippen molar-refractivity contribution in [2.24, 2.45) is 11.7 Å². The van der Waals surface area contributed by atoms with Gasteiger partial charge in [-0.2, -0.15) is 0 Å². The number of halogens is 1. The monoisotopic (exact) mass is 208 g/mol.